The second kappa shape index (κ2) is 6.00. The molecule has 1 aromatic carbocycles. The lowest BCUT2D eigenvalue weighted by atomic mass is 9.73. The number of carbonyl (C=O) groups is 2. The monoisotopic (exact) mass is 281 g/mol. The molecule has 2 N–H and O–H groups in total. The number of rotatable bonds is 4. The Labute approximate surface area is 115 Å². The number of amides is 1. The number of carbonyl (C=O) groups excluding carboxylic acids is 1. The van der Waals surface area contributed by atoms with Gasteiger partial charge < -0.3 is 15.2 Å². The molecular formula is C14H16FNO4. The van der Waals surface area contributed by atoms with E-state index >= 15 is 0 Å². The first-order valence-electron chi connectivity index (χ1n) is 6.38. The van der Waals surface area contributed by atoms with Crippen molar-refractivity contribution in [3.63, 3.8) is 0 Å². The average molecular weight is 281 g/mol. The molecule has 20 heavy (non-hydrogen) atoms. The topological polar surface area (TPSA) is 75.6 Å². The van der Waals surface area contributed by atoms with Crippen molar-refractivity contribution < 1.29 is 23.8 Å². The Morgan fingerprint density at radius 2 is 2.05 bits per heavy atom. The Morgan fingerprint density at radius 1 is 1.35 bits per heavy atom. The summed E-state index contributed by atoms with van der Waals surface area (Å²) in [5, 5.41) is 11.1. The smallest absolute Gasteiger partial charge is 0.322 e. The summed E-state index contributed by atoms with van der Waals surface area (Å²) >= 11 is 0. The highest BCUT2D eigenvalue weighted by Crippen LogP contribution is 2.35. The SMILES string of the molecule is O=C(O)CNC(=O)C1(c2cccc(F)c2)CCOCC1. The van der Waals surface area contributed by atoms with E-state index in [1.807, 2.05) is 0 Å². The van der Waals surface area contributed by atoms with E-state index in [2.05, 4.69) is 5.32 Å². The van der Waals surface area contributed by atoms with Crippen LogP contribution in [0.3, 0.4) is 0 Å². The predicted octanol–water partition coefficient (Wildman–Crippen LogP) is 1.07. The number of benzene rings is 1. The summed E-state index contributed by atoms with van der Waals surface area (Å²) < 4.78 is 18.7. The van der Waals surface area contributed by atoms with Crippen LogP contribution < -0.4 is 5.32 Å². The number of hydrogen-bond acceptors (Lipinski definition) is 3. The van der Waals surface area contributed by atoms with Gasteiger partial charge in [-0.05, 0) is 30.5 Å². The molecule has 0 unspecified atom stereocenters. The van der Waals surface area contributed by atoms with E-state index in [9.17, 15) is 14.0 Å². The molecule has 1 saturated heterocycles. The number of hydrogen-bond donors (Lipinski definition) is 2. The molecule has 1 aromatic rings. The molecule has 5 nitrogen and oxygen atoms in total. The summed E-state index contributed by atoms with van der Waals surface area (Å²) in [7, 11) is 0. The van der Waals surface area contributed by atoms with Crippen LogP contribution in [-0.4, -0.2) is 36.7 Å². The summed E-state index contributed by atoms with van der Waals surface area (Å²) in [6.45, 7) is 0.324. The molecule has 1 heterocycles. The number of halogens is 1. The van der Waals surface area contributed by atoms with E-state index in [0.717, 1.165) is 0 Å². The van der Waals surface area contributed by atoms with E-state index in [0.29, 0.717) is 31.6 Å². The number of nitrogens with one attached hydrogen (secondary N) is 1. The Morgan fingerprint density at radius 3 is 2.65 bits per heavy atom. The van der Waals surface area contributed by atoms with Gasteiger partial charge in [0, 0.05) is 13.2 Å². The van der Waals surface area contributed by atoms with Crippen LogP contribution in [0.25, 0.3) is 0 Å². The van der Waals surface area contributed by atoms with Gasteiger partial charge in [0.2, 0.25) is 5.91 Å². The summed E-state index contributed by atoms with van der Waals surface area (Å²) in [5.74, 6) is -1.92. The second-order valence-corrected chi connectivity index (χ2v) is 4.78. The van der Waals surface area contributed by atoms with E-state index in [1.165, 1.54) is 12.1 Å². The third-order valence-electron chi connectivity index (χ3n) is 3.56. The van der Waals surface area contributed by atoms with Gasteiger partial charge in [0.05, 0.1) is 5.41 Å². The van der Waals surface area contributed by atoms with Crippen molar-refractivity contribution in [2.24, 2.45) is 0 Å². The number of carboxylic acid groups (broad SMARTS) is 1. The van der Waals surface area contributed by atoms with Crippen LogP contribution >= 0.6 is 0 Å². The van der Waals surface area contributed by atoms with Crippen LogP contribution in [0.15, 0.2) is 24.3 Å². The minimum Gasteiger partial charge on any atom is -0.480 e. The van der Waals surface area contributed by atoms with Crippen LogP contribution in [0.5, 0.6) is 0 Å². The highest BCUT2D eigenvalue weighted by Gasteiger charge is 2.41. The van der Waals surface area contributed by atoms with Gasteiger partial charge >= 0.3 is 5.97 Å². The largest absolute Gasteiger partial charge is 0.480 e. The standard InChI is InChI=1S/C14H16FNO4/c15-11-3-1-2-10(8-11)14(4-6-20-7-5-14)13(19)16-9-12(17)18/h1-3,8H,4-7,9H2,(H,16,19)(H,17,18). The van der Waals surface area contributed by atoms with Crippen molar-refractivity contribution in [3.05, 3.63) is 35.6 Å². The van der Waals surface area contributed by atoms with Gasteiger partial charge in [0.1, 0.15) is 12.4 Å². The highest BCUT2D eigenvalue weighted by molar-refractivity contribution is 5.90. The molecule has 1 aliphatic rings. The van der Waals surface area contributed by atoms with Gasteiger partial charge in [-0.2, -0.15) is 0 Å². The molecular weight excluding hydrogens is 265 g/mol. The Bertz CT molecular complexity index is 512. The van der Waals surface area contributed by atoms with Crippen LogP contribution in [0.4, 0.5) is 4.39 Å². The van der Waals surface area contributed by atoms with E-state index in [4.69, 9.17) is 9.84 Å². The molecule has 0 saturated carbocycles. The van der Waals surface area contributed by atoms with Gasteiger partial charge in [-0.15, -0.1) is 0 Å². The van der Waals surface area contributed by atoms with Gasteiger partial charge in [-0.3, -0.25) is 9.59 Å². The minimum atomic E-state index is -1.11. The third-order valence-corrected chi connectivity index (χ3v) is 3.56. The van der Waals surface area contributed by atoms with E-state index in [1.54, 1.807) is 12.1 Å². The maximum Gasteiger partial charge on any atom is 0.322 e. The van der Waals surface area contributed by atoms with Crippen molar-refractivity contribution in [2.75, 3.05) is 19.8 Å². The normalized spacial score (nSPS) is 17.4. The lowest BCUT2D eigenvalue weighted by molar-refractivity contribution is -0.139. The molecule has 0 spiro atoms. The fourth-order valence-corrected chi connectivity index (χ4v) is 2.48. The molecule has 6 heteroatoms. The first kappa shape index (κ1) is 14.5. The van der Waals surface area contributed by atoms with Gasteiger partial charge in [-0.1, -0.05) is 12.1 Å². The van der Waals surface area contributed by atoms with Crippen molar-refractivity contribution in [2.45, 2.75) is 18.3 Å². The summed E-state index contributed by atoms with van der Waals surface area (Å²) in [4.78, 5) is 23.0. The lowest BCUT2D eigenvalue weighted by Gasteiger charge is -2.36. The molecule has 1 fully saturated rings. The van der Waals surface area contributed by atoms with E-state index < -0.39 is 29.7 Å². The second-order valence-electron chi connectivity index (χ2n) is 4.78. The molecule has 0 bridgehead atoms. The van der Waals surface area contributed by atoms with Gasteiger partial charge in [-0.25, -0.2) is 4.39 Å². The fraction of sp³-hybridized carbons (Fsp3) is 0.429. The highest BCUT2D eigenvalue weighted by atomic mass is 19.1. The third kappa shape index (κ3) is 2.96. The van der Waals surface area contributed by atoms with Gasteiger partial charge in [0.25, 0.3) is 0 Å². The number of carboxylic acids is 1. The van der Waals surface area contributed by atoms with Crippen LogP contribution in [-0.2, 0) is 19.7 Å². The fourth-order valence-electron chi connectivity index (χ4n) is 2.48. The zero-order valence-corrected chi connectivity index (χ0v) is 10.9. The van der Waals surface area contributed by atoms with Crippen molar-refractivity contribution in [1.82, 2.24) is 5.32 Å². The predicted molar refractivity (Wildman–Crippen MR) is 68.8 cm³/mol. The van der Waals surface area contributed by atoms with Crippen LogP contribution in [0.2, 0.25) is 0 Å². The van der Waals surface area contributed by atoms with E-state index in [-0.39, 0.29) is 0 Å². The summed E-state index contributed by atoms with van der Waals surface area (Å²) in [6, 6.07) is 5.87. The Kier molecular flexibility index (Phi) is 4.34. The maximum absolute atomic E-state index is 13.4. The molecule has 1 aliphatic heterocycles. The van der Waals surface area contributed by atoms with Crippen molar-refractivity contribution >= 4 is 11.9 Å². The van der Waals surface area contributed by atoms with Crippen LogP contribution in [0, 0.1) is 5.82 Å². The lowest BCUT2D eigenvalue weighted by Crippen LogP contribution is -2.49. The van der Waals surface area contributed by atoms with Crippen molar-refractivity contribution in [1.29, 1.82) is 0 Å². The minimum absolute atomic E-state index is 0.386. The number of aliphatic carboxylic acids is 1. The Balaban J connectivity index is 2.30. The molecule has 0 aliphatic carbocycles. The molecule has 0 atom stereocenters. The Hall–Kier alpha value is -1.95. The summed E-state index contributed by atoms with van der Waals surface area (Å²) in [5.41, 5.74) is -0.362. The molecule has 0 radical (unpaired) electrons. The zero-order valence-electron chi connectivity index (χ0n) is 10.9. The molecule has 1 amide bonds. The molecule has 2 rings (SSSR count). The summed E-state index contributed by atoms with van der Waals surface area (Å²) in [6.07, 6.45) is 0.809. The average Bonchev–Trinajstić information content (AvgIpc) is 2.45. The first-order chi connectivity index (χ1) is 9.54. The quantitative estimate of drug-likeness (QED) is 0.865. The zero-order chi connectivity index (χ0) is 14.6. The molecule has 108 valence electrons. The maximum atomic E-state index is 13.4. The molecule has 0 aromatic heterocycles. The number of ether oxygens (including phenoxy) is 1. The first-order valence-corrected chi connectivity index (χ1v) is 6.38. The van der Waals surface area contributed by atoms with Crippen LogP contribution in [0.1, 0.15) is 18.4 Å². The van der Waals surface area contributed by atoms with Gasteiger partial charge in [0.15, 0.2) is 0 Å². The van der Waals surface area contributed by atoms with Crippen molar-refractivity contribution in [3.8, 4) is 0 Å².